The summed E-state index contributed by atoms with van der Waals surface area (Å²) < 4.78 is 0. The van der Waals surface area contributed by atoms with Crippen molar-refractivity contribution in [1.29, 1.82) is 0 Å². The van der Waals surface area contributed by atoms with Gasteiger partial charge in [0.2, 0.25) is 0 Å². The molecule has 2 saturated carbocycles. The molecule has 0 spiro atoms. The SMILES string of the molecule is C1CCCC(CNC2CCC2)CC1. The van der Waals surface area contributed by atoms with Crippen molar-refractivity contribution in [1.82, 2.24) is 5.32 Å². The molecule has 2 fully saturated rings. The summed E-state index contributed by atoms with van der Waals surface area (Å²) in [5.41, 5.74) is 0. The molecule has 1 nitrogen and oxygen atoms in total. The van der Waals surface area contributed by atoms with Gasteiger partial charge in [-0.25, -0.2) is 0 Å². The lowest BCUT2D eigenvalue weighted by atomic mass is 9.92. The van der Waals surface area contributed by atoms with Gasteiger partial charge in [-0.3, -0.25) is 0 Å². The fourth-order valence-electron chi connectivity index (χ4n) is 2.51. The molecule has 0 radical (unpaired) electrons. The van der Waals surface area contributed by atoms with Crippen molar-refractivity contribution in [2.45, 2.75) is 63.8 Å². The fraction of sp³-hybridized carbons (Fsp3) is 1.00. The van der Waals surface area contributed by atoms with Crippen LogP contribution in [-0.4, -0.2) is 12.6 Å². The van der Waals surface area contributed by atoms with E-state index in [2.05, 4.69) is 5.32 Å². The molecule has 76 valence electrons. The van der Waals surface area contributed by atoms with Crippen LogP contribution in [0, 0.1) is 5.92 Å². The van der Waals surface area contributed by atoms with Gasteiger partial charge in [0.15, 0.2) is 0 Å². The van der Waals surface area contributed by atoms with Crippen molar-refractivity contribution in [2.24, 2.45) is 5.92 Å². The smallest absolute Gasteiger partial charge is 0.00671 e. The Balaban J connectivity index is 1.61. The van der Waals surface area contributed by atoms with Crippen molar-refractivity contribution in [3.05, 3.63) is 0 Å². The second-order valence-electron chi connectivity index (χ2n) is 4.89. The van der Waals surface area contributed by atoms with Crippen LogP contribution in [-0.2, 0) is 0 Å². The van der Waals surface area contributed by atoms with Gasteiger partial charge in [-0.2, -0.15) is 0 Å². The van der Waals surface area contributed by atoms with Gasteiger partial charge in [0.1, 0.15) is 0 Å². The first-order valence-electron chi connectivity index (χ1n) is 6.18. The minimum Gasteiger partial charge on any atom is -0.314 e. The molecule has 0 aliphatic heterocycles. The molecule has 0 aromatic carbocycles. The first-order valence-corrected chi connectivity index (χ1v) is 6.18. The summed E-state index contributed by atoms with van der Waals surface area (Å²) in [5, 5.41) is 3.72. The molecule has 13 heavy (non-hydrogen) atoms. The largest absolute Gasteiger partial charge is 0.314 e. The second-order valence-corrected chi connectivity index (χ2v) is 4.89. The van der Waals surface area contributed by atoms with Crippen LogP contribution in [0.25, 0.3) is 0 Å². The van der Waals surface area contributed by atoms with E-state index in [4.69, 9.17) is 0 Å². The lowest BCUT2D eigenvalue weighted by Crippen LogP contribution is -2.38. The van der Waals surface area contributed by atoms with E-state index in [1.807, 2.05) is 0 Å². The van der Waals surface area contributed by atoms with Gasteiger partial charge < -0.3 is 5.32 Å². The molecule has 0 atom stereocenters. The van der Waals surface area contributed by atoms with E-state index in [0.29, 0.717) is 0 Å². The highest BCUT2D eigenvalue weighted by molar-refractivity contribution is 4.78. The van der Waals surface area contributed by atoms with Crippen LogP contribution in [0.2, 0.25) is 0 Å². The molecule has 2 rings (SSSR count). The molecule has 2 aliphatic carbocycles. The normalized spacial score (nSPS) is 26.8. The quantitative estimate of drug-likeness (QED) is 0.660. The van der Waals surface area contributed by atoms with Crippen LogP contribution in [0.5, 0.6) is 0 Å². The Kier molecular flexibility index (Phi) is 3.65. The topological polar surface area (TPSA) is 12.0 Å². The molecule has 0 saturated heterocycles. The van der Waals surface area contributed by atoms with Gasteiger partial charge in [0, 0.05) is 6.04 Å². The van der Waals surface area contributed by atoms with Crippen LogP contribution < -0.4 is 5.32 Å². The lowest BCUT2D eigenvalue weighted by molar-refractivity contribution is 0.305. The molecular weight excluding hydrogens is 158 g/mol. The van der Waals surface area contributed by atoms with Crippen molar-refractivity contribution >= 4 is 0 Å². The van der Waals surface area contributed by atoms with Gasteiger partial charge in [-0.15, -0.1) is 0 Å². The third-order valence-electron chi connectivity index (χ3n) is 3.78. The van der Waals surface area contributed by atoms with Gasteiger partial charge in [-0.05, 0) is 38.1 Å². The average molecular weight is 181 g/mol. The maximum Gasteiger partial charge on any atom is 0.00671 e. The highest BCUT2D eigenvalue weighted by atomic mass is 14.9. The molecule has 1 N–H and O–H groups in total. The molecule has 0 amide bonds. The maximum absolute atomic E-state index is 3.72. The van der Waals surface area contributed by atoms with Crippen molar-refractivity contribution in [3.63, 3.8) is 0 Å². The van der Waals surface area contributed by atoms with Gasteiger partial charge in [0.05, 0.1) is 0 Å². The van der Waals surface area contributed by atoms with Crippen LogP contribution in [0.1, 0.15) is 57.8 Å². The third-order valence-corrected chi connectivity index (χ3v) is 3.78. The number of nitrogens with one attached hydrogen (secondary N) is 1. The Labute approximate surface area is 82.3 Å². The van der Waals surface area contributed by atoms with Crippen LogP contribution in [0.4, 0.5) is 0 Å². The highest BCUT2D eigenvalue weighted by Gasteiger charge is 2.18. The standard InChI is InChI=1S/C12H23N/c1-2-4-7-11(6-3-1)10-13-12-8-5-9-12/h11-13H,1-10H2. The molecule has 0 aromatic heterocycles. The van der Waals surface area contributed by atoms with E-state index in [1.165, 1.54) is 64.3 Å². The Hall–Kier alpha value is -0.0400. The van der Waals surface area contributed by atoms with Crippen LogP contribution >= 0.6 is 0 Å². The summed E-state index contributed by atoms with van der Waals surface area (Å²) in [6.45, 7) is 1.31. The summed E-state index contributed by atoms with van der Waals surface area (Å²) in [6, 6.07) is 0.892. The zero-order valence-corrected chi connectivity index (χ0v) is 8.73. The maximum atomic E-state index is 3.72. The molecule has 0 bridgehead atoms. The first kappa shape index (κ1) is 9.51. The van der Waals surface area contributed by atoms with E-state index < -0.39 is 0 Å². The summed E-state index contributed by atoms with van der Waals surface area (Å²) in [5.74, 6) is 1.00. The van der Waals surface area contributed by atoms with Crippen molar-refractivity contribution in [3.8, 4) is 0 Å². The molecule has 1 heteroatoms. The predicted molar refractivity (Wildman–Crippen MR) is 56.8 cm³/mol. The van der Waals surface area contributed by atoms with E-state index in [9.17, 15) is 0 Å². The average Bonchev–Trinajstić information content (AvgIpc) is 2.30. The Morgan fingerprint density at radius 1 is 0.769 bits per heavy atom. The van der Waals surface area contributed by atoms with E-state index >= 15 is 0 Å². The van der Waals surface area contributed by atoms with Gasteiger partial charge in [-0.1, -0.05) is 32.1 Å². The molecule has 0 aromatic rings. The Bertz CT molecular complexity index is 132. The minimum atomic E-state index is 0.892. The van der Waals surface area contributed by atoms with Crippen LogP contribution in [0.3, 0.4) is 0 Å². The van der Waals surface area contributed by atoms with Gasteiger partial charge in [0.25, 0.3) is 0 Å². The Morgan fingerprint density at radius 2 is 1.46 bits per heavy atom. The van der Waals surface area contributed by atoms with E-state index in [0.717, 1.165) is 12.0 Å². The summed E-state index contributed by atoms with van der Waals surface area (Å²) in [6.07, 6.45) is 13.2. The lowest BCUT2D eigenvalue weighted by Gasteiger charge is -2.28. The van der Waals surface area contributed by atoms with Gasteiger partial charge >= 0.3 is 0 Å². The second kappa shape index (κ2) is 4.99. The summed E-state index contributed by atoms with van der Waals surface area (Å²) >= 11 is 0. The molecule has 2 aliphatic rings. The van der Waals surface area contributed by atoms with Crippen LogP contribution in [0.15, 0.2) is 0 Å². The monoisotopic (exact) mass is 181 g/mol. The molecule has 0 heterocycles. The molecular formula is C12H23N. The predicted octanol–water partition coefficient (Wildman–Crippen LogP) is 3.10. The zero-order chi connectivity index (χ0) is 8.93. The fourth-order valence-corrected chi connectivity index (χ4v) is 2.51. The third kappa shape index (κ3) is 2.98. The number of rotatable bonds is 3. The first-order chi connectivity index (χ1) is 6.45. The Morgan fingerprint density at radius 3 is 2.00 bits per heavy atom. The summed E-state index contributed by atoms with van der Waals surface area (Å²) in [7, 11) is 0. The van der Waals surface area contributed by atoms with Crippen molar-refractivity contribution in [2.75, 3.05) is 6.54 Å². The molecule has 0 unspecified atom stereocenters. The summed E-state index contributed by atoms with van der Waals surface area (Å²) in [4.78, 5) is 0. The highest BCUT2D eigenvalue weighted by Crippen LogP contribution is 2.24. The van der Waals surface area contributed by atoms with Crippen molar-refractivity contribution < 1.29 is 0 Å². The van der Waals surface area contributed by atoms with E-state index in [-0.39, 0.29) is 0 Å². The number of hydrogen-bond donors (Lipinski definition) is 1. The number of hydrogen-bond acceptors (Lipinski definition) is 1. The minimum absolute atomic E-state index is 0.892. The zero-order valence-electron chi connectivity index (χ0n) is 8.73. The van der Waals surface area contributed by atoms with E-state index in [1.54, 1.807) is 0 Å².